The third-order valence-corrected chi connectivity index (χ3v) is 3.81. The Kier molecular flexibility index (Phi) is 4.61. The maximum Gasteiger partial charge on any atom is 0.255 e. The molecule has 1 unspecified atom stereocenters. The van der Waals surface area contributed by atoms with Crippen LogP contribution in [0.3, 0.4) is 0 Å². The van der Waals surface area contributed by atoms with Crippen molar-refractivity contribution in [2.24, 2.45) is 11.7 Å². The van der Waals surface area contributed by atoms with E-state index in [4.69, 9.17) is 17.3 Å². The number of carbonyl (C=O) groups is 1. The Balaban J connectivity index is 2.07. The van der Waals surface area contributed by atoms with E-state index in [2.05, 4.69) is 0 Å². The fourth-order valence-electron chi connectivity index (χ4n) is 2.53. The lowest BCUT2D eigenvalue weighted by Gasteiger charge is -2.32. The monoisotopic (exact) mass is 266 g/mol. The molecule has 1 fully saturated rings. The number of halogens is 1. The Bertz CT molecular complexity index is 420. The van der Waals surface area contributed by atoms with Gasteiger partial charge in [0.15, 0.2) is 0 Å². The second-order valence-corrected chi connectivity index (χ2v) is 5.22. The van der Waals surface area contributed by atoms with Crippen LogP contribution in [-0.4, -0.2) is 30.4 Å². The second kappa shape index (κ2) is 6.21. The number of nitrogens with zero attached hydrogens (tertiary/aromatic N) is 1. The lowest BCUT2D eigenvalue weighted by atomic mass is 9.94. The highest BCUT2D eigenvalue weighted by molar-refractivity contribution is 6.33. The van der Waals surface area contributed by atoms with Crippen molar-refractivity contribution in [1.29, 1.82) is 0 Å². The van der Waals surface area contributed by atoms with Crippen LogP contribution in [0.25, 0.3) is 0 Å². The van der Waals surface area contributed by atoms with E-state index in [1.54, 1.807) is 12.1 Å². The van der Waals surface area contributed by atoms with E-state index < -0.39 is 0 Å². The normalized spacial score (nSPS) is 19.9. The molecule has 0 bridgehead atoms. The summed E-state index contributed by atoms with van der Waals surface area (Å²) >= 11 is 6.07. The second-order valence-electron chi connectivity index (χ2n) is 4.82. The van der Waals surface area contributed by atoms with Crippen molar-refractivity contribution in [3.05, 3.63) is 34.9 Å². The van der Waals surface area contributed by atoms with Gasteiger partial charge in [-0.05, 0) is 43.9 Å². The Morgan fingerprint density at radius 3 is 2.94 bits per heavy atom. The molecular weight excluding hydrogens is 248 g/mol. The van der Waals surface area contributed by atoms with Crippen LogP contribution in [0.1, 0.15) is 29.6 Å². The molecular formula is C14H19ClN2O. The molecule has 0 spiro atoms. The van der Waals surface area contributed by atoms with E-state index in [-0.39, 0.29) is 5.91 Å². The SMILES string of the molecule is NCCC1CCCN(C(=O)c2ccccc2Cl)C1. The number of hydrogen-bond acceptors (Lipinski definition) is 2. The first kappa shape index (κ1) is 13.4. The first-order chi connectivity index (χ1) is 8.72. The number of hydrogen-bond donors (Lipinski definition) is 1. The number of carbonyl (C=O) groups excluding carboxylic acids is 1. The smallest absolute Gasteiger partial charge is 0.255 e. The van der Waals surface area contributed by atoms with Gasteiger partial charge in [-0.2, -0.15) is 0 Å². The predicted octanol–water partition coefficient (Wildman–Crippen LogP) is 2.54. The highest BCUT2D eigenvalue weighted by Crippen LogP contribution is 2.23. The molecule has 1 aliphatic heterocycles. The number of piperidine rings is 1. The minimum Gasteiger partial charge on any atom is -0.338 e. The van der Waals surface area contributed by atoms with Crippen molar-refractivity contribution < 1.29 is 4.79 Å². The number of likely N-dealkylation sites (tertiary alicyclic amines) is 1. The molecule has 1 aromatic rings. The van der Waals surface area contributed by atoms with Gasteiger partial charge in [0.25, 0.3) is 5.91 Å². The van der Waals surface area contributed by atoms with Crippen molar-refractivity contribution in [3.8, 4) is 0 Å². The molecule has 4 heteroatoms. The average Bonchev–Trinajstić information content (AvgIpc) is 2.39. The molecule has 18 heavy (non-hydrogen) atoms. The van der Waals surface area contributed by atoms with Gasteiger partial charge in [0.1, 0.15) is 0 Å². The van der Waals surface area contributed by atoms with E-state index in [1.807, 2.05) is 17.0 Å². The lowest BCUT2D eigenvalue weighted by Crippen LogP contribution is -2.40. The van der Waals surface area contributed by atoms with Crippen LogP contribution in [0.15, 0.2) is 24.3 Å². The fourth-order valence-corrected chi connectivity index (χ4v) is 2.74. The minimum atomic E-state index is 0.0438. The molecule has 1 aromatic carbocycles. The molecule has 98 valence electrons. The number of rotatable bonds is 3. The summed E-state index contributed by atoms with van der Waals surface area (Å²) in [7, 11) is 0. The number of nitrogens with two attached hydrogens (primary N) is 1. The molecule has 1 amide bonds. The van der Waals surface area contributed by atoms with Crippen molar-refractivity contribution in [2.45, 2.75) is 19.3 Å². The molecule has 3 nitrogen and oxygen atoms in total. The molecule has 1 atom stereocenters. The third kappa shape index (κ3) is 3.03. The summed E-state index contributed by atoms with van der Waals surface area (Å²) in [6.45, 7) is 2.32. The maximum atomic E-state index is 12.4. The van der Waals surface area contributed by atoms with Crippen LogP contribution >= 0.6 is 11.6 Å². The van der Waals surface area contributed by atoms with E-state index in [0.717, 1.165) is 25.9 Å². The van der Waals surface area contributed by atoms with Crippen molar-refractivity contribution >= 4 is 17.5 Å². The Morgan fingerprint density at radius 2 is 2.22 bits per heavy atom. The van der Waals surface area contributed by atoms with Gasteiger partial charge in [0.2, 0.25) is 0 Å². The number of benzene rings is 1. The summed E-state index contributed by atoms with van der Waals surface area (Å²) in [6, 6.07) is 7.24. The Morgan fingerprint density at radius 1 is 1.44 bits per heavy atom. The van der Waals surface area contributed by atoms with Gasteiger partial charge in [-0.1, -0.05) is 23.7 Å². The predicted molar refractivity (Wildman–Crippen MR) is 73.8 cm³/mol. The van der Waals surface area contributed by atoms with Crippen LogP contribution in [0.4, 0.5) is 0 Å². The zero-order valence-corrected chi connectivity index (χ0v) is 11.2. The molecule has 2 N–H and O–H groups in total. The van der Waals surface area contributed by atoms with E-state index in [9.17, 15) is 4.79 Å². The van der Waals surface area contributed by atoms with Crippen LogP contribution in [-0.2, 0) is 0 Å². The summed E-state index contributed by atoms with van der Waals surface area (Å²) in [5.41, 5.74) is 6.20. The summed E-state index contributed by atoms with van der Waals surface area (Å²) < 4.78 is 0. The molecule has 0 aromatic heterocycles. The van der Waals surface area contributed by atoms with Gasteiger partial charge < -0.3 is 10.6 Å². The molecule has 0 saturated carbocycles. The van der Waals surface area contributed by atoms with E-state index >= 15 is 0 Å². The fraction of sp³-hybridized carbons (Fsp3) is 0.500. The topological polar surface area (TPSA) is 46.3 Å². The van der Waals surface area contributed by atoms with Gasteiger partial charge in [-0.3, -0.25) is 4.79 Å². The lowest BCUT2D eigenvalue weighted by molar-refractivity contribution is 0.0669. The quantitative estimate of drug-likeness (QED) is 0.914. The van der Waals surface area contributed by atoms with Crippen molar-refractivity contribution in [1.82, 2.24) is 4.90 Å². The molecule has 2 rings (SSSR count). The molecule has 1 aliphatic rings. The van der Waals surface area contributed by atoms with E-state index in [0.29, 0.717) is 23.0 Å². The molecule has 1 saturated heterocycles. The van der Waals surface area contributed by atoms with Crippen LogP contribution in [0, 0.1) is 5.92 Å². The van der Waals surface area contributed by atoms with Gasteiger partial charge in [0.05, 0.1) is 10.6 Å². The summed E-state index contributed by atoms with van der Waals surface area (Å²) in [5.74, 6) is 0.581. The standard InChI is InChI=1S/C14H19ClN2O/c15-13-6-2-1-5-12(13)14(18)17-9-3-4-11(10-17)7-8-16/h1-2,5-6,11H,3-4,7-10,16H2. The van der Waals surface area contributed by atoms with Crippen molar-refractivity contribution in [2.75, 3.05) is 19.6 Å². The Labute approximate surface area is 113 Å². The largest absolute Gasteiger partial charge is 0.338 e. The highest BCUT2D eigenvalue weighted by atomic mass is 35.5. The van der Waals surface area contributed by atoms with Gasteiger partial charge in [0, 0.05) is 13.1 Å². The van der Waals surface area contributed by atoms with Gasteiger partial charge in [-0.15, -0.1) is 0 Å². The van der Waals surface area contributed by atoms with E-state index in [1.165, 1.54) is 6.42 Å². The summed E-state index contributed by atoms with van der Waals surface area (Å²) in [5, 5.41) is 0.531. The highest BCUT2D eigenvalue weighted by Gasteiger charge is 2.24. The first-order valence-corrected chi connectivity index (χ1v) is 6.84. The third-order valence-electron chi connectivity index (χ3n) is 3.49. The van der Waals surface area contributed by atoms with Crippen LogP contribution < -0.4 is 5.73 Å². The Hall–Kier alpha value is -1.06. The van der Waals surface area contributed by atoms with Gasteiger partial charge in [-0.25, -0.2) is 0 Å². The summed E-state index contributed by atoms with van der Waals surface area (Å²) in [4.78, 5) is 14.3. The minimum absolute atomic E-state index is 0.0438. The van der Waals surface area contributed by atoms with Crippen LogP contribution in [0.2, 0.25) is 5.02 Å². The zero-order valence-electron chi connectivity index (χ0n) is 10.4. The van der Waals surface area contributed by atoms with Gasteiger partial charge >= 0.3 is 0 Å². The summed E-state index contributed by atoms with van der Waals surface area (Å²) in [6.07, 6.45) is 3.22. The average molecular weight is 267 g/mol. The molecule has 0 aliphatic carbocycles. The first-order valence-electron chi connectivity index (χ1n) is 6.46. The molecule has 0 radical (unpaired) electrons. The maximum absolute atomic E-state index is 12.4. The van der Waals surface area contributed by atoms with Crippen LogP contribution in [0.5, 0.6) is 0 Å². The number of amides is 1. The van der Waals surface area contributed by atoms with Crippen molar-refractivity contribution in [3.63, 3.8) is 0 Å². The molecule has 1 heterocycles. The zero-order chi connectivity index (χ0) is 13.0.